The third kappa shape index (κ3) is 3.70. The van der Waals surface area contributed by atoms with E-state index in [2.05, 4.69) is 22.6 Å². The summed E-state index contributed by atoms with van der Waals surface area (Å²) in [5, 5.41) is 11.2. The van der Waals surface area contributed by atoms with Gasteiger partial charge in [0.25, 0.3) is 5.91 Å². The van der Waals surface area contributed by atoms with Gasteiger partial charge in [-0.3, -0.25) is 4.79 Å². The maximum Gasteiger partial charge on any atom is 0.274 e. The quantitative estimate of drug-likeness (QED) is 0.889. The summed E-state index contributed by atoms with van der Waals surface area (Å²) in [7, 11) is 1.60. The van der Waals surface area contributed by atoms with Crippen molar-refractivity contribution in [3.63, 3.8) is 0 Å². The molecule has 1 heterocycles. The average molecular weight is 316 g/mol. The number of carbonyl (C=O) groups is 1. The Balaban J connectivity index is 2.31. The number of hydrogen-bond donors (Lipinski definition) is 1. The highest BCUT2D eigenvalue weighted by Gasteiger charge is 2.24. The van der Waals surface area contributed by atoms with Crippen molar-refractivity contribution in [3.8, 4) is 11.4 Å². The molecule has 0 radical (unpaired) electrons. The van der Waals surface area contributed by atoms with Crippen LogP contribution in [-0.4, -0.2) is 33.5 Å². The van der Waals surface area contributed by atoms with Crippen LogP contribution in [0.2, 0.25) is 0 Å². The maximum atomic E-state index is 12.5. The Kier molecular flexibility index (Phi) is 5.03. The van der Waals surface area contributed by atoms with Gasteiger partial charge >= 0.3 is 0 Å². The fourth-order valence-electron chi connectivity index (χ4n) is 2.63. The number of methoxy groups -OCH3 is 1. The summed E-state index contributed by atoms with van der Waals surface area (Å²) in [6.45, 7) is 7.94. The molecule has 0 unspecified atom stereocenters. The van der Waals surface area contributed by atoms with Crippen LogP contribution in [-0.2, 0) is 0 Å². The molecule has 0 aliphatic carbocycles. The van der Waals surface area contributed by atoms with E-state index in [0.717, 1.165) is 18.5 Å². The molecule has 1 aromatic carbocycles. The van der Waals surface area contributed by atoms with E-state index in [4.69, 9.17) is 4.74 Å². The van der Waals surface area contributed by atoms with Crippen LogP contribution in [0.3, 0.4) is 0 Å². The minimum atomic E-state index is -0.271. The van der Waals surface area contributed by atoms with Crippen molar-refractivity contribution < 1.29 is 9.53 Å². The van der Waals surface area contributed by atoms with Gasteiger partial charge in [0.15, 0.2) is 5.69 Å². The van der Waals surface area contributed by atoms with E-state index in [1.54, 1.807) is 11.8 Å². The summed E-state index contributed by atoms with van der Waals surface area (Å²) in [6.07, 6.45) is 1.90. The van der Waals surface area contributed by atoms with E-state index in [1.165, 1.54) is 0 Å². The molecule has 2 rings (SSSR count). The molecule has 0 aliphatic rings. The van der Waals surface area contributed by atoms with E-state index < -0.39 is 0 Å². The summed E-state index contributed by atoms with van der Waals surface area (Å²) >= 11 is 0. The van der Waals surface area contributed by atoms with Crippen LogP contribution in [0.1, 0.15) is 49.8 Å². The zero-order valence-corrected chi connectivity index (χ0v) is 14.4. The molecule has 23 heavy (non-hydrogen) atoms. The molecule has 0 saturated carbocycles. The van der Waals surface area contributed by atoms with Crippen molar-refractivity contribution in [3.05, 3.63) is 35.7 Å². The fraction of sp³-hybridized carbons (Fsp3) is 0.471. The van der Waals surface area contributed by atoms with Crippen LogP contribution in [0.5, 0.6) is 5.75 Å². The molecule has 0 bridgehead atoms. The number of hydrogen-bond acceptors (Lipinski definition) is 4. The third-order valence-corrected chi connectivity index (χ3v) is 3.75. The number of para-hydroxylation sites is 2. The lowest BCUT2D eigenvalue weighted by Crippen LogP contribution is -2.43. The van der Waals surface area contributed by atoms with E-state index in [0.29, 0.717) is 17.1 Å². The van der Waals surface area contributed by atoms with Gasteiger partial charge in [0.05, 0.1) is 12.8 Å². The van der Waals surface area contributed by atoms with Crippen LogP contribution in [0.25, 0.3) is 5.69 Å². The molecule has 2 aromatic rings. The second kappa shape index (κ2) is 6.81. The SMILES string of the molecule is CCCC(C)(C)NC(=O)c1nnn(-c2ccccc2OC)c1C. The minimum Gasteiger partial charge on any atom is -0.494 e. The Hall–Kier alpha value is -2.37. The largest absolute Gasteiger partial charge is 0.494 e. The van der Waals surface area contributed by atoms with Crippen LogP contribution in [0, 0.1) is 6.92 Å². The molecule has 0 saturated heterocycles. The van der Waals surface area contributed by atoms with Gasteiger partial charge in [-0.15, -0.1) is 5.10 Å². The highest BCUT2D eigenvalue weighted by atomic mass is 16.5. The molecule has 6 heteroatoms. The molecule has 124 valence electrons. The van der Waals surface area contributed by atoms with Crippen LogP contribution in [0.4, 0.5) is 0 Å². The number of nitrogens with zero attached hydrogens (tertiary/aromatic N) is 3. The van der Waals surface area contributed by atoms with Gasteiger partial charge in [-0.05, 0) is 39.3 Å². The van der Waals surface area contributed by atoms with Crippen molar-refractivity contribution in [2.45, 2.75) is 46.1 Å². The number of amides is 1. The summed E-state index contributed by atoms with van der Waals surface area (Å²) in [5.74, 6) is 0.473. The van der Waals surface area contributed by atoms with Crippen molar-refractivity contribution >= 4 is 5.91 Å². The number of ether oxygens (including phenoxy) is 1. The van der Waals surface area contributed by atoms with Crippen LogP contribution < -0.4 is 10.1 Å². The van der Waals surface area contributed by atoms with Crippen molar-refractivity contribution in [1.82, 2.24) is 20.3 Å². The predicted molar refractivity (Wildman–Crippen MR) is 89.1 cm³/mol. The van der Waals surface area contributed by atoms with Crippen molar-refractivity contribution in [1.29, 1.82) is 0 Å². The Morgan fingerprint density at radius 3 is 2.70 bits per heavy atom. The summed E-state index contributed by atoms with van der Waals surface area (Å²) in [6, 6.07) is 7.50. The second-order valence-corrected chi connectivity index (χ2v) is 6.20. The summed E-state index contributed by atoms with van der Waals surface area (Å²) in [5.41, 5.74) is 1.50. The number of rotatable bonds is 6. The van der Waals surface area contributed by atoms with Gasteiger partial charge in [-0.25, -0.2) is 4.68 Å². The highest BCUT2D eigenvalue weighted by molar-refractivity contribution is 5.93. The molecule has 0 fully saturated rings. The van der Waals surface area contributed by atoms with E-state index in [1.807, 2.05) is 45.0 Å². The Bertz CT molecular complexity index is 692. The topological polar surface area (TPSA) is 69.0 Å². The molecule has 0 atom stereocenters. The number of carbonyl (C=O) groups excluding carboxylic acids is 1. The second-order valence-electron chi connectivity index (χ2n) is 6.20. The van der Waals surface area contributed by atoms with E-state index in [9.17, 15) is 4.79 Å². The molecule has 0 spiro atoms. The standard InChI is InChI=1S/C17H24N4O2/c1-6-11-17(3,4)18-16(22)15-12(2)21(20-19-15)13-9-7-8-10-14(13)23-5/h7-10H,6,11H2,1-5H3,(H,18,22). The van der Waals surface area contributed by atoms with Crippen molar-refractivity contribution in [2.24, 2.45) is 0 Å². The molecular formula is C17H24N4O2. The first-order valence-electron chi connectivity index (χ1n) is 7.78. The van der Waals surface area contributed by atoms with Gasteiger partial charge in [0.2, 0.25) is 0 Å². The molecule has 1 aromatic heterocycles. The Morgan fingerprint density at radius 1 is 1.35 bits per heavy atom. The van der Waals surface area contributed by atoms with Gasteiger partial charge in [-0.1, -0.05) is 30.7 Å². The van der Waals surface area contributed by atoms with Gasteiger partial charge < -0.3 is 10.1 Å². The number of benzene rings is 1. The average Bonchev–Trinajstić information content (AvgIpc) is 2.88. The summed E-state index contributed by atoms with van der Waals surface area (Å²) in [4.78, 5) is 12.5. The molecule has 0 aliphatic heterocycles. The monoisotopic (exact) mass is 316 g/mol. The summed E-state index contributed by atoms with van der Waals surface area (Å²) < 4.78 is 6.97. The lowest BCUT2D eigenvalue weighted by atomic mass is 9.99. The number of aromatic nitrogens is 3. The molecule has 1 amide bonds. The van der Waals surface area contributed by atoms with Gasteiger partial charge in [-0.2, -0.15) is 0 Å². The first kappa shape index (κ1) is 17.0. The van der Waals surface area contributed by atoms with Gasteiger partial charge in [0.1, 0.15) is 11.4 Å². The molecule has 1 N–H and O–H groups in total. The zero-order valence-electron chi connectivity index (χ0n) is 14.4. The van der Waals surface area contributed by atoms with Crippen LogP contribution >= 0.6 is 0 Å². The Labute approximate surface area is 136 Å². The van der Waals surface area contributed by atoms with Gasteiger partial charge in [0, 0.05) is 5.54 Å². The third-order valence-electron chi connectivity index (χ3n) is 3.75. The zero-order chi connectivity index (χ0) is 17.0. The predicted octanol–water partition coefficient (Wildman–Crippen LogP) is 2.89. The fourth-order valence-corrected chi connectivity index (χ4v) is 2.63. The molecular weight excluding hydrogens is 292 g/mol. The maximum absolute atomic E-state index is 12.5. The first-order chi connectivity index (χ1) is 10.9. The lowest BCUT2D eigenvalue weighted by Gasteiger charge is -2.25. The van der Waals surface area contributed by atoms with E-state index >= 15 is 0 Å². The normalized spacial score (nSPS) is 11.3. The van der Waals surface area contributed by atoms with Crippen LogP contribution in [0.15, 0.2) is 24.3 Å². The van der Waals surface area contributed by atoms with Crippen molar-refractivity contribution in [2.75, 3.05) is 7.11 Å². The molecule has 6 nitrogen and oxygen atoms in total. The Morgan fingerprint density at radius 2 is 2.04 bits per heavy atom. The lowest BCUT2D eigenvalue weighted by molar-refractivity contribution is 0.0903. The highest BCUT2D eigenvalue weighted by Crippen LogP contribution is 2.23. The minimum absolute atomic E-state index is 0.206. The smallest absolute Gasteiger partial charge is 0.274 e. The first-order valence-corrected chi connectivity index (χ1v) is 7.78. The van der Waals surface area contributed by atoms with E-state index in [-0.39, 0.29) is 11.4 Å². The number of nitrogens with one attached hydrogen (secondary N) is 1.